The van der Waals surface area contributed by atoms with E-state index in [1.807, 2.05) is 36.4 Å². The lowest BCUT2D eigenvalue weighted by Crippen LogP contribution is -2.34. The quantitative estimate of drug-likeness (QED) is 0.575. The highest BCUT2D eigenvalue weighted by atomic mass is 35.5. The van der Waals surface area contributed by atoms with E-state index in [1.165, 1.54) is 12.8 Å². The summed E-state index contributed by atoms with van der Waals surface area (Å²) in [6.45, 7) is 4.85. The van der Waals surface area contributed by atoms with Gasteiger partial charge in [0.2, 0.25) is 0 Å². The Morgan fingerprint density at radius 2 is 1.79 bits per heavy atom. The van der Waals surface area contributed by atoms with Crippen molar-refractivity contribution >= 4 is 40.9 Å². The van der Waals surface area contributed by atoms with E-state index in [0.29, 0.717) is 23.0 Å². The van der Waals surface area contributed by atoms with Crippen LogP contribution in [0.5, 0.6) is 5.75 Å². The Labute approximate surface area is 181 Å². The molecule has 0 bridgehead atoms. The number of halogens is 2. The van der Waals surface area contributed by atoms with Crippen molar-refractivity contribution in [3.05, 3.63) is 63.6 Å². The van der Waals surface area contributed by atoms with Gasteiger partial charge in [0.1, 0.15) is 12.0 Å². The van der Waals surface area contributed by atoms with Gasteiger partial charge in [-0.1, -0.05) is 41.4 Å². The fourth-order valence-corrected chi connectivity index (χ4v) is 4.20. The van der Waals surface area contributed by atoms with E-state index in [0.717, 1.165) is 35.7 Å². The van der Waals surface area contributed by atoms with Gasteiger partial charge in [0.15, 0.2) is 0 Å². The lowest BCUT2D eigenvalue weighted by atomic mass is 10.1. The Morgan fingerprint density at radius 3 is 2.55 bits per heavy atom. The van der Waals surface area contributed by atoms with Gasteiger partial charge in [0, 0.05) is 36.5 Å². The van der Waals surface area contributed by atoms with Gasteiger partial charge in [0.05, 0.1) is 10.0 Å². The standard InChI is InChI=1S/C23H24Cl2N2O2/c1-16(26-11-4-5-12-26)29-22-7-3-2-6-17(22)14-18-10-13-27(23(18)28)19-8-9-20(24)21(25)15-19/h2-3,6-9,14-16H,4-5,10-13H2,1H3. The summed E-state index contributed by atoms with van der Waals surface area (Å²) >= 11 is 12.1. The van der Waals surface area contributed by atoms with Crippen LogP contribution in [0.2, 0.25) is 10.0 Å². The molecule has 2 fully saturated rings. The molecule has 0 aromatic heterocycles. The molecule has 0 spiro atoms. The van der Waals surface area contributed by atoms with E-state index >= 15 is 0 Å². The maximum absolute atomic E-state index is 13.0. The molecule has 2 aromatic rings. The molecular weight excluding hydrogens is 407 g/mol. The van der Waals surface area contributed by atoms with Gasteiger partial charge in [0.25, 0.3) is 5.91 Å². The van der Waals surface area contributed by atoms with Crippen molar-refractivity contribution in [1.29, 1.82) is 0 Å². The lowest BCUT2D eigenvalue weighted by Gasteiger charge is -2.25. The summed E-state index contributed by atoms with van der Waals surface area (Å²) in [5, 5.41) is 0.931. The average molecular weight is 431 g/mol. The predicted octanol–water partition coefficient (Wildman–Crippen LogP) is 5.63. The van der Waals surface area contributed by atoms with Crippen LogP contribution in [0, 0.1) is 0 Å². The van der Waals surface area contributed by atoms with Crippen molar-refractivity contribution < 1.29 is 9.53 Å². The van der Waals surface area contributed by atoms with Gasteiger partial charge in [-0.2, -0.15) is 0 Å². The number of nitrogens with zero attached hydrogens (tertiary/aromatic N) is 2. The van der Waals surface area contributed by atoms with Crippen molar-refractivity contribution in [2.24, 2.45) is 0 Å². The fourth-order valence-electron chi connectivity index (χ4n) is 3.91. The van der Waals surface area contributed by atoms with Crippen molar-refractivity contribution in [2.45, 2.75) is 32.4 Å². The summed E-state index contributed by atoms with van der Waals surface area (Å²) < 4.78 is 6.24. The van der Waals surface area contributed by atoms with E-state index in [-0.39, 0.29) is 12.1 Å². The Morgan fingerprint density at radius 1 is 1.03 bits per heavy atom. The zero-order chi connectivity index (χ0) is 20.4. The van der Waals surface area contributed by atoms with Gasteiger partial charge in [-0.25, -0.2) is 0 Å². The Balaban J connectivity index is 1.53. The maximum Gasteiger partial charge on any atom is 0.254 e. The van der Waals surface area contributed by atoms with Crippen LogP contribution < -0.4 is 9.64 Å². The van der Waals surface area contributed by atoms with Crippen molar-refractivity contribution in [2.75, 3.05) is 24.5 Å². The minimum Gasteiger partial charge on any atom is -0.475 e. The number of benzene rings is 2. The van der Waals surface area contributed by atoms with Crippen molar-refractivity contribution in [3.8, 4) is 5.75 Å². The van der Waals surface area contributed by atoms with E-state index in [4.69, 9.17) is 27.9 Å². The minimum atomic E-state index is -0.00853. The average Bonchev–Trinajstić information content (AvgIpc) is 3.37. The monoisotopic (exact) mass is 430 g/mol. The second kappa shape index (κ2) is 8.78. The summed E-state index contributed by atoms with van der Waals surface area (Å²) in [7, 11) is 0. The lowest BCUT2D eigenvalue weighted by molar-refractivity contribution is -0.114. The van der Waals surface area contributed by atoms with Crippen LogP contribution in [0.4, 0.5) is 5.69 Å². The summed E-state index contributed by atoms with van der Waals surface area (Å²) in [4.78, 5) is 17.1. The number of hydrogen-bond acceptors (Lipinski definition) is 3. The molecule has 2 aliphatic heterocycles. The van der Waals surface area contributed by atoms with Gasteiger partial charge < -0.3 is 9.64 Å². The number of para-hydroxylation sites is 1. The Kier molecular flexibility index (Phi) is 6.14. The normalized spacial score (nSPS) is 19.9. The molecule has 152 valence electrons. The second-order valence-electron chi connectivity index (χ2n) is 7.47. The number of carbonyl (C=O) groups is 1. The smallest absolute Gasteiger partial charge is 0.254 e. The predicted molar refractivity (Wildman–Crippen MR) is 119 cm³/mol. The highest BCUT2D eigenvalue weighted by Crippen LogP contribution is 2.32. The van der Waals surface area contributed by atoms with Gasteiger partial charge >= 0.3 is 0 Å². The summed E-state index contributed by atoms with van der Waals surface area (Å²) in [6, 6.07) is 13.2. The molecule has 29 heavy (non-hydrogen) atoms. The Bertz CT molecular complexity index is 938. The summed E-state index contributed by atoms with van der Waals surface area (Å²) in [5.41, 5.74) is 2.46. The molecule has 0 aliphatic carbocycles. The molecule has 0 saturated carbocycles. The molecule has 4 rings (SSSR count). The van der Waals surface area contributed by atoms with E-state index in [9.17, 15) is 4.79 Å². The molecule has 1 unspecified atom stereocenters. The van der Waals surface area contributed by atoms with Crippen LogP contribution in [-0.2, 0) is 4.79 Å². The number of likely N-dealkylation sites (tertiary alicyclic amines) is 1. The van der Waals surface area contributed by atoms with Gasteiger partial charge in [-0.3, -0.25) is 9.69 Å². The first kappa shape index (κ1) is 20.3. The van der Waals surface area contributed by atoms with Crippen LogP contribution in [0.25, 0.3) is 6.08 Å². The fraction of sp³-hybridized carbons (Fsp3) is 0.348. The van der Waals surface area contributed by atoms with Crippen LogP contribution in [0.3, 0.4) is 0 Å². The third-order valence-corrected chi connectivity index (χ3v) is 6.28. The van der Waals surface area contributed by atoms with Gasteiger partial charge in [-0.15, -0.1) is 0 Å². The van der Waals surface area contributed by atoms with Crippen LogP contribution in [0.1, 0.15) is 31.7 Å². The second-order valence-corrected chi connectivity index (χ2v) is 8.29. The third kappa shape index (κ3) is 4.45. The molecule has 2 aliphatic rings. The molecular formula is C23H24Cl2N2O2. The number of rotatable bonds is 5. The molecule has 2 saturated heterocycles. The summed E-state index contributed by atoms with van der Waals surface area (Å²) in [5.74, 6) is 0.797. The number of hydrogen-bond donors (Lipinski definition) is 0. The molecule has 0 N–H and O–H groups in total. The zero-order valence-electron chi connectivity index (χ0n) is 16.4. The number of amides is 1. The van der Waals surface area contributed by atoms with Crippen LogP contribution in [0.15, 0.2) is 48.0 Å². The molecule has 1 atom stereocenters. The van der Waals surface area contributed by atoms with Crippen molar-refractivity contribution in [3.63, 3.8) is 0 Å². The van der Waals surface area contributed by atoms with E-state index < -0.39 is 0 Å². The van der Waals surface area contributed by atoms with E-state index in [1.54, 1.807) is 17.0 Å². The first-order valence-electron chi connectivity index (χ1n) is 10.00. The van der Waals surface area contributed by atoms with Gasteiger partial charge in [-0.05, 0) is 56.5 Å². The van der Waals surface area contributed by atoms with E-state index in [2.05, 4.69) is 11.8 Å². The highest BCUT2D eigenvalue weighted by molar-refractivity contribution is 6.42. The maximum atomic E-state index is 13.0. The third-order valence-electron chi connectivity index (χ3n) is 5.54. The largest absolute Gasteiger partial charge is 0.475 e. The number of ether oxygens (including phenoxy) is 1. The topological polar surface area (TPSA) is 32.8 Å². The molecule has 6 heteroatoms. The zero-order valence-corrected chi connectivity index (χ0v) is 17.9. The highest BCUT2D eigenvalue weighted by Gasteiger charge is 2.28. The molecule has 1 amide bonds. The first-order valence-corrected chi connectivity index (χ1v) is 10.8. The first-order chi connectivity index (χ1) is 14.0. The molecule has 0 radical (unpaired) electrons. The number of carbonyl (C=O) groups excluding carboxylic acids is 1. The Hall–Kier alpha value is -2.01. The van der Waals surface area contributed by atoms with Crippen LogP contribution >= 0.6 is 23.2 Å². The SMILES string of the molecule is CC(Oc1ccccc1C=C1CCN(c2ccc(Cl)c(Cl)c2)C1=O)N1CCCC1. The molecule has 4 nitrogen and oxygen atoms in total. The summed E-state index contributed by atoms with van der Waals surface area (Å²) in [6.07, 6.45) is 5.08. The molecule has 2 aromatic carbocycles. The van der Waals surface area contributed by atoms with Crippen LogP contribution in [-0.4, -0.2) is 36.7 Å². The minimum absolute atomic E-state index is 0.00853. The number of anilines is 1. The molecule has 2 heterocycles. The van der Waals surface area contributed by atoms with Crippen molar-refractivity contribution in [1.82, 2.24) is 4.90 Å².